The molecule has 98 valence electrons. The third-order valence-corrected chi connectivity index (χ3v) is 4.76. The van der Waals surface area contributed by atoms with Gasteiger partial charge in [-0.3, -0.25) is 9.09 Å². The lowest BCUT2D eigenvalue weighted by Gasteiger charge is -2.18. The van der Waals surface area contributed by atoms with Crippen LogP contribution in [0.15, 0.2) is 0 Å². The Morgan fingerprint density at radius 3 is 2.47 bits per heavy atom. The first-order chi connectivity index (χ1) is 7.59. The van der Waals surface area contributed by atoms with Crippen LogP contribution >= 0.6 is 15.4 Å². The Morgan fingerprint density at radius 1 is 1.47 bits per heavy atom. The van der Waals surface area contributed by atoms with Gasteiger partial charge in [-0.25, -0.2) is 8.88 Å². The molecule has 0 spiro atoms. The fraction of sp³-hybridized carbons (Fsp3) is 1.00. The van der Waals surface area contributed by atoms with E-state index in [1.807, 2.05) is 6.92 Å². The Balaban J connectivity index is 2.45. The van der Waals surface area contributed by atoms with Gasteiger partial charge in [-0.05, 0) is 12.3 Å². The highest BCUT2D eigenvalue weighted by Crippen LogP contribution is 2.58. The highest BCUT2D eigenvalue weighted by molar-refractivity contribution is 7.63. The van der Waals surface area contributed by atoms with Gasteiger partial charge in [0.2, 0.25) is 0 Å². The Bertz CT molecular complexity index is 356. The van der Waals surface area contributed by atoms with Crippen molar-refractivity contribution in [3.63, 3.8) is 0 Å². The van der Waals surface area contributed by atoms with Crippen molar-refractivity contribution in [2.45, 2.75) is 25.5 Å². The third-order valence-electron chi connectivity index (χ3n) is 2.24. The van der Waals surface area contributed by atoms with Crippen LogP contribution in [0.2, 0.25) is 0 Å². The zero-order chi connectivity index (χ0) is 13.3. The van der Waals surface area contributed by atoms with Crippen molar-refractivity contribution >= 4 is 23.3 Å². The Kier molecular flexibility index (Phi) is 5.01. The second-order valence-corrected chi connectivity index (χ2v) is 7.53. The van der Waals surface area contributed by atoms with E-state index in [9.17, 15) is 9.13 Å². The maximum Gasteiger partial charge on any atom is 0.479 e. The summed E-state index contributed by atoms with van der Waals surface area (Å²) in [4.78, 5) is 18.0. The molecule has 0 aromatic rings. The van der Waals surface area contributed by atoms with Gasteiger partial charge in [-0.2, -0.15) is 0 Å². The maximum absolute atomic E-state index is 11.3. The van der Waals surface area contributed by atoms with Gasteiger partial charge in [0, 0.05) is 12.7 Å². The lowest BCUT2D eigenvalue weighted by molar-refractivity contribution is 0.0280. The Labute approximate surface area is 101 Å². The van der Waals surface area contributed by atoms with Gasteiger partial charge < -0.3 is 14.5 Å². The van der Waals surface area contributed by atoms with Crippen LogP contribution in [0.4, 0.5) is 0 Å². The summed E-state index contributed by atoms with van der Waals surface area (Å²) in [6.45, 7) is 2.44. The predicted molar refractivity (Wildman–Crippen MR) is 60.8 cm³/mol. The second kappa shape index (κ2) is 5.53. The zero-order valence-corrected chi connectivity index (χ0v) is 11.3. The molecule has 2 radical (unpaired) electrons. The van der Waals surface area contributed by atoms with Crippen LogP contribution in [0.5, 0.6) is 0 Å². The molecule has 1 fully saturated rings. The molecule has 17 heavy (non-hydrogen) atoms. The molecular formula is C7H15BO7P2. The van der Waals surface area contributed by atoms with E-state index in [0.717, 1.165) is 6.66 Å². The molecule has 2 N–H and O–H groups in total. The molecule has 0 aliphatic carbocycles. The first-order valence-electron chi connectivity index (χ1n) is 4.99. The smallest absolute Gasteiger partial charge is 0.382 e. The Hall–Kier alpha value is 0.325. The average molecular weight is 284 g/mol. The number of phosphoric ester groups is 1. The van der Waals surface area contributed by atoms with Gasteiger partial charge in [0.1, 0.15) is 7.85 Å². The minimum Gasteiger partial charge on any atom is -0.382 e. The van der Waals surface area contributed by atoms with E-state index < -0.39 is 27.5 Å². The molecule has 0 aromatic heterocycles. The molecule has 1 rings (SSSR count). The summed E-state index contributed by atoms with van der Waals surface area (Å²) in [7, 11) is -3.09. The monoisotopic (exact) mass is 284 g/mol. The lowest BCUT2D eigenvalue weighted by atomic mass is 9.92. The van der Waals surface area contributed by atoms with E-state index in [1.54, 1.807) is 0 Å². The van der Waals surface area contributed by atoms with Gasteiger partial charge in [-0.1, -0.05) is 6.92 Å². The first-order valence-corrected chi connectivity index (χ1v) is 8.51. The summed E-state index contributed by atoms with van der Waals surface area (Å²) in [5.41, 5.74) is 0. The van der Waals surface area contributed by atoms with E-state index >= 15 is 0 Å². The molecule has 10 heteroatoms. The van der Waals surface area contributed by atoms with E-state index in [-0.39, 0.29) is 12.5 Å². The van der Waals surface area contributed by atoms with Gasteiger partial charge in [-0.15, -0.1) is 0 Å². The van der Waals surface area contributed by atoms with Crippen molar-refractivity contribution in [3.05, 3.63) is 0 Å². The lowest BCUT2D eigenvalue weighted by Crippen LogP contribution is -2.20. The van der Waals surface area contributed by atoms with Crippen molar-refractivity contribution < 1.29 is 32.5 Å². The molecule has 0 bridgehead atoms. The molecule has 0 aromatic carbocycles. The molecule has 1 heterocycles. The van der Waals surface area contributed by atoms with E-state index in [2.05, 4.69) is 8.83 Å². The SMILES string of the molecule is [B][C@H]1CC(C)[C@@H](COP(=O)(O)OP(C)(=O)O)O1. The van der Waals surface area contributed by atoms with Crippen LogP contribution in [0.25, 0.3) is 0 Å². The van der Waals surface area contributed by atoms with Crippen LogP contribution in [0.3, 0.4) is 0 Å². The molecule has 0 saturated carbocycles. The van der Waals surface area contributed by atoms with Gasteiger partial charge in [0.25, 0.3) is 0 Å². The number of rotatable bonds is 5. The molecular weight excluding hydrogens is 269 g/mol. The van der Waals surface area contributed by atoms with Crippen molar-refractivity contribution in [1.29, 1.82) is 0 Å². The molecule has 1 saturated heterocycles. The summed E-state index contributed by atoms with van der Waals surface area (Å²) in [6, 6.07) is -0.423. The number of ether oxygens (including phenoxy) is 1. The maximum atomic E-state index is 11.3. The van der Waals surface area contributed by atoms with Gasteiger partial charge in [0.15, 0.2) is 0 Å². The van der Waals surface area contributed by atoms with Crippen molar-refractivity contribution in [2.75, 3.05) is 13.3 Å². The van der Waals surface area contributed by atoms with Crippen LogP contribution in [-0.2, 0) is 22.7 Å². The summed E-state index contributed by atoms with van der Waals surface area (Å²) >= 11 is 0. The predicted octanol–water partition coefficient (Wildman–Crippen LogP) is 0.855. The van der Waals surface area contributed by atoms with Crippen LogP contribution in [-0.4, -0.2) is 43.0 Å². The molecule has 1 aliphatic heterocycles. The summed E-state index contributed by atoms with van der Waals surface area (Å²) in [5, 5.41) is 0. The number of hydrogen-bond acceptors (Lipinski definition) is 5. The van der Waals surface area contributed by atoms with Crippen LogP contribution < -0.4 is 0 Å². The highest BCUT2D eigenvalue weighted by atomic mass is 31.3. The second-order valence-electron chi connectivity index (χ2n) is 4.07. The van der Waals surface area contributed by atoms with E-state index in [0.29, 0.717) is 6.42 Å². The molecule has 3 unspecified atom stereocenters. The quantitative estimate of drug-likeness (QED) is 0.570. The summed E-state index contributed by atoms with van der Waals surface area (Å²) < 4.78 is 36.0. The van der Waals surface area contributed by atoms with E-state index in [4.69, 9.17) is 22.4 Å². The first kappa shape index (κ1) is 15.4. The minimum absolute atomic E-state index is 0.0764. The largest absolute Gasteiger partial charge is 0.479 e. The van der Waals surface area contributed by atoms with Crippen molar-refractivity contribution in [2.24, 2.45) is 5.92 Å². The van der Waals surface area contributed by atoms with Gasteiger partial charge >= 0.3 is 15.4 Å². The number of hydrogen-bond donors (Lipinski definition) is 2. The van der Waals surface area contributed by atoms with E-state index in [1.165, 1.54) is 0 Å². The molecule has 5 atom stereocenters. The van der Waals surface area contributed by atoms with Crippen molar-refractivity contribution in [1.82, 2.24) is 0 Å². The normalized spacial score (nSPS) is 36.4. The van der Waals surface area contributed by atoms with Crippen LogP contribution in [0, 0.1) is 5.92 Å². The van der Waals surface area contributed by atoms with Crippen molar-refractivity contribution in [3.8, 4) is 0 Å². The third kappa shape index (κ3) is 5.66. The Morgan fingerprint density at radius 2 is 2.06 bits per heavy atom. The summed E-state index contributed by atoms with van der Waals surface area (Å²) in [6.07, 6.45) is 0.195. The summed E-state index contributed by atoms with van der Waals surface area (Å²) in [5.74, 6) is 0.0764. The molecule has 7 nitrogen and oxygen atoms in total. The highest BCUT2D eigenvalue weighted by Gasteiger charge is 2.35. The van der Waals surface area contributed by atoms with Gasteiger partial charge in [0.05, 0.1) is 12.7 Å². The zero-order valence-electron chi connectivity index (χ0n) is 9.55. The standard InChI is InChI=1S/C7H15BO7P2/c1-5-3-7(8)14-6(5)4-13-17(11,12)15-16(2,9)10/h5-7H,3-4H2,1-2H3,(H,9,10)(H,11,12)/t5?,6-,7-/m1/s1. The molecule has 0 amide bonds. The van der Waals surface area contributed by atoms with Crippen LogP contribution in [0.1, 0.15) is 13.3 Å². The number of phosphoric acid groups is 1. The topological polar surface area (TPSA) is 102 Å². The minimum atomic E-state index is -4.55. The molecule has 1 aliphatic rings. The average Bonchev–Trinajstić information content (AvgIpc) is 2.37. The fourth-order valence-corrected chi connectivity index (χ4v) is 3.57. The fourth-order valence-electron chi connectivity index (χ4n) is 1.52.